The number of nitrogens with zero attached hydrogens (tertiary/aromatic N) is 1. The van der Waals surface area contributed by atoms with E-state index >= 15 is 0 Å². The van der Waals surface area contributed by atoms with E-state index in [4.69, 9.17) is 0 Å². The number of aryl methyl sites for hydroxylation is 1. The minimum absolute atomic E-state index is 0.0648. The summed E-state index contributed by atoms with van der Waals surface area (Å²) < 4.78 is 27.3. The molecule has 0 saturated carbocycles. The van der Waals surface area contributed by atoms with E-state index in [0.717, 1.165) is 15.6 Å². The third-order valence-electron chi connectivity index (χ3n) is 2.51. The van der Waals surface area contributed by atoms with Crippen molar-refractivity contribution in [3.63, 3.8) is 0 Å². The average molecular weight is 341 g/mol. The molecular weight excluding hydrogens is 328 g/mol. The maximum Gasteiger partial charge on any atom is 0.238 e. The molecule has 0 unspecified atom stereocenters. The maximum atomic E-state index is 12.0. The van der Waals surface area contributed by atoms with Crippen molar-refractivity contribution in [1.82, 2.24) is 4.98 Å². The maximum absolute atomic E-state index is 12.0. The second kappa shape index (κ2) is 5.71. The quantitative estimate of drug-likeness (QED) is 0.930. The van der Waals surface area contributed by atoms with Crippen molar-refractivity contribution in [2.45, 2.75) is 12.7 Å². The zero-order valence-electron chi connectivity index (χ0n) is 10.3. The van der Waals surface area contributed by atoms with Crippen molar-refractivity contribution in [1.29, 1.82) is 0 Å². The number of halogens is 1. The molecule has 2 aromatic rings. The van der Waals surface area contributed by atoms with Crippen LogP contribution in [0.3, 0.4) is 0 Å². The average Bonchev–Trinajstić information content (AvgIpc) is 2.34. The lowest BCUT2D eigenvalue weighted by Crippen LogP contribution is -2.16. The Morgan fingerprint density at radius 1 is 1.26 bits per heavy atom. The van der Waals surface area contributed by atoms with E-state index in [0.29, 0.717) is 5.82 Å². The molecule has 0 aliphatic carbocycles. The Balaban J connectivity index is 2.15. The third kappa shape index (κ3) is 4.04. The number of pyridine rings is 1. The summed E-state index contributed by atoms with van der Waals surface area (Å²) in [7, 11) is -3.45. The predicted molar refractivity (Wildman–Crippen MR) is 79.4 cm³/mol. The van der Waals surface area contributed by atoms with Crippen molar-refractivity contribution in [2.75, 3.05) is 4.72 Å². The Morgan fingerprint density at radius 3 is 2.58 bits per heavy atom. The Morgan fingerprint density at radius 2 is 1.95 bits per heavy atom. The molecule has 0 atom stereocenters. The van der Waals surface area contributed by atoms with Gasteiger partial charge in [0.25, 0.3) is 0 Å². The van der Waals surface area contributed by atoms with Gasteiger partial charge in [0.1, 0.15) is 5.82 Å². The summed E-state index contributed by atoms with van der Waals surface area (Å²) in [6.45, 7) is 1.88. The van der Waals surface area contributed by atoms with Gasteiger partial charge in [0.15, 0.2) is 0 Å². The fourth-order valence-electron chi connectivity index (χ4n) is 1.58. The second-order valence-corrected chi connectivity index (χ2v) is 6.74. The molecule has 0 spiro atoms. The van der Waals surface area contributed by atoms with Gasteiger partial charge >= 0.3 is 0 Å². The van der Waals surface area contributed by atoms with Gasteiger partial charge < -0.3 is 0 Å². The fourth-order valence-corrected chi connectivity index (χ4v) is 2.93. The first kappa shape index (κ1) is 14.0. The summed E-state index contributed by atoms with van der Waals surface area (Å²) in [5.41, 5.74) is 1.66. The second-order valence-electron chi connectivity index (χ2n) is 4.17. The SMILES string of the molecule is Cc1cc(NS(=O)(=O)Cc2ccccc2)ncc1Br. The number of anilines is 1. The van der Waals surface area contributed by atoms with Gasteiger partial charge in [-0.3, -0.25) is 4.72 Å². The largest absolute Gasteiger partial charge is 0.267 e. The molecule has 1 N–H and O–H groups in total. The topological polar surface area (TPSA) is 59.1 Å². The van der Waals surface area contributed by atoms with Crippen LogP contribution < -0.4 is 4.72 Å². The molecule has 1 aromatic heterocycles. The molecule has 4 nitrogen and oxygen atoms in total. The number of benzene rings is 1. The van der Waals surface area contributed by atoms with Crippen LogP contribution in [0.2, 0.25) is 0 Å². The molecule has 0 saturated heterocycles. The third-order valence-corrected chi connectivity index (χ3v) is 4.57. The highest BCUT2D eigenvalue weighted by atomic mass is 79.9. The first-order valence-electron chi connectivity index (χ1n) is 5.63. The van der Waals surface area contributed by atoms with Crippen LogP contribution in [0, 0.1) is 6.92 Å². The van der Waals surface area contributed by atoms with Crippen molar-refractivity contribution >= 4 is 31.8 Å². The first-order valence-corrected chi connectivity index (χ1v) is 8.07. The number of hydrogen-bond acceptors (Lipinski definition) is 3. The fraction of sp³-hybridized carbons (Fsp3) is 0.154. The van der Waals surface area contributed by atoms with E-state index in [1.807, 2.05) is 25.1 Å². The molecule has 6 heteroatoms. The Hall–Kier alpha value is -1.40. The lowest BCUT2D eigenvalue weighted by atomic mass is 10.2. The number of rotatable bonds is 4. The molecule has 0 amide bonds. The lowest BCUT2D eigenvalue weighted by Gasteiger charge is -2.08. The van der Waals surface area contributed by atoms with E-state index in [1.165, 1.54) is 0 Å². The van der Waals surface area contributed by atoms with Crippen molar-refractivity contribution < 1.29 is 8.42 Å². The zero-order chi connectivity index (χ0) is 13.9. The lowest BCUT2D eigenvalue weighted by molar-refractivity contribution is 0.600. The van der Waals surface area contributed by atoms with Gasteiger partial charge in [0.05, 0.1) is 5.75 Å². The molecule has 0 aliphatic heterocycles. The zero-order valence-corrected chi connectivity index (χ0v) is 12.7. The molecule has 1 heterocycles. The van der Waals surface area contributed by atoms with Crippen LogP contribution in [0.25, 0.3) is 0 Å². The molecule has 0 aliphatic rings. The van der Waals surface area contributed by atoms with Gasteiger partial charge in [-0.25, -0.2) is 13.4 Å². The molecule has 0 radical (unpaired) electrons. The van der Waals surface area contributed by atoms with Crippen molar-refractivity contribution in [3.8, 4) is 0 Å². The van der Waals surface area contributed by atoms with Crippen LogP contribution in [-0.4, -0.2) is 13.4 Å². The number of aromatic nitrogens is 1. The van der Waals surface area contributed by atoms with Crippen LogP contribution in [-0.2, 0) is 15.8 Å². The molecule has 100 valence electrons. The summed E-state index contributed by atoms with van der Waals surface area (Å²) in [5, 5.41) is 0. The van der Waals surface area contributed by atoms with Crippen molar-refractivity contribution in [3.05, 3.63) is 58.2 Å². The minimum atomic E-state index is -3.45. The van der Waals surface area contributed by atoms with E-state index in [-0.39, 0.29) is 5.75 Å². The van der Waals surface area contributed by atoms with E-state index in [2.05, 4.69) is 25.6 Å². The summed E-state index contributed by atoms with van der Waals surface area (Å²) in [5.74, 6) is 0.265. The number of nitrogens with one attached hydrogen (secondary N) is 1. The van der Waals surface area contributed by atoms with E-state index in [9.17, 15) is 8.42 Å². The van der Waals surface area contributed by atoms with Crippen LogP contribution in [0.5, 0.6) is 0 Å². The van der Waals surface area contributed by atoms with Gasteiger partial charge in [-0.05, 0) is 40.0 Å². The molecule has 0 fully saturated rings. The van der Waals surface area contributed by atoms with Crippen molar-refractivity contribution in [2.24, 2.45) is 0 Å². The van der Waals surface area contributed by atoms with Gasteiger partial charge in [0.2, 0.25) is 10.0 Å². The van der Waals surface area contributed by atoms with Crippen LogP contribution in [0.1, 0.15) is 11.1 Å². The Labute approximate surface area is 121 Å². The van der Waals surface area contributed by atoms with E-state index in [1.54, 1.807) is 24.4 Å². The minimum Gasteiger partial charge on any atom is -0.267 e. The van der Waals surface area contributed by atoms with Crippen LogP contribution in [0.4, 0.5) is 5.82 Å². The smallest absolute Gasteiger partial charge is 0.238 e. The van der Waals surface area contributed by atoms with E-state index < -0.39 is 10.0 Å². The summed E-state index contributed by atoms with van der Waals surface area (Å²) >= 11 is 3.32. The van der Waals surface area contributed by atoms with Gasteiger partial charge in [-0.15, -0.1) is 0 Å². The van der Waals surface area contributed by atoms with Crippen LogP contribution >= 0.6 is 15.9 Å². The van der Waals surface area contributed by atoms with Gasteiger partial charge in [-0.2, -0.15) is 0 Å². The van der Waals surface area contributed by atoms with Gasteiger partial charge in [-0.1, -0.05) is 30.3 Å². The summed E-state index contributed by atoms with van der Waals surface area (Å²) in [6.07, 6.45) is 1.58. The van der Waals surface area contributed by atoms with Gasteiger partial charge in [0, 0.05) is 10.7 Å². The number of hydrogen-bond donors (Lipinski definition) is 1. The monoisotopic (exact) mass is 340 g/mol. The molecule has 19 heavy (non-hydrogen) atoms. The standard InChI is InChI=1S/C13H13BrN2O2S/c1-10-7-13(15-8-12(10)14)16-19(17,18)9-11-5-3-2-4-6-11/h2-8H,9H2,1H3,(H,15,16). The highest BCUT2D eigenvalue weighted by Crippen LogP contribution is 2.18. The summed E-state index contributed by atoms with van der Waals surface area (Å²) in [6, 6.07) is 10.7. The number of sulfonamides is 1. The molecule has 0 bridgehead atoms. The molecule has 2 rings (SSSR count). The Bertz CT molecular complexity index is 672. The summed E-state index contributed by atoms with van der Waals surface area (Å²) in [4.78, 5) is 4.03. The highest BCUT2D eigenvalue weighted by Gasteiger charge is 2.12. The molecule has 1 aromatic carbocycles. The van der Waals surface area contributed by atoms with Crippen LogP contribution in [0.15, 0.2) is 47.1 Å². The first-order chi connectivity index (χ1) is 8.96. The molecular formula is C13H13BrN2O2S. The normalized spacial score (nSPS) is 11.3. The predicted octanol–water partition coefficient (Wildman–Crippen LogP) is 3.09. The highest BCUT2D eigenvalue weighted by molar-refractivity contribution is 9.10. The Kier molecular flexibility index (Phi) is 4.21.